The van der Waals surface area contributed by atoms with Crippen LogP contribution in [0.5, 0.6) is 0 Å². The second kappa shape index (κ2) is 7.66. The highest BCUT2D eigenvalue weighted by molar-refractivity contribution is 7.11. The van der Waals surface area contributed by atoms with Gasteiger partial charge in [0.15, 0.2) is 0 Å². The molecular formula is C21H22N2O3S. The molecule has 1 aromatic carbocycles. The van der Waals surface area contributed by atoms with Crippen LogP contribution in [-0.4, -0.2) is 46.4 Å². The van der Waals surface area contributed by atoms with Crippen LogP contribution in [-0.2, 0) is 16.1 Å². The number of carbonyl (C=O) groups is 2. The lowest BCUT2D eigenvalue weighted by atomic mass is 9.98. The molecule has 2 aromatic rings. The normalized spacial score (nSPS) is 20.7. The van der Waals surface area contributed by atoms with Gasteiger partial charge in [0.25, 0.3) is 11.8 Å². The fourth-order valence-electron chi connectivity index (χ4n) is 3.83. The van der Waals surface area contributed by atoms with Crippen LogP contribution < -0.4 is 0 Å². The number of hydrogen-bond donors (Lipinski definition) is 1. The van der Waals surface area contributed by atoms with E-state index in [1.807, 2.05) is 52.7 Å². The van der Waals surface area contributed by atoms with Crippen LogP contribution >= 0.6 is 11.3 Å². The summed E-state index contributed by atoms with van der Waals surface area (Å²) in [5.41, 5.74) is 1.93. The first-order valence-corrected chi connectivity index (χ1v) is 10.1. The Balaban J connectivity index is 1.70. The van der Waals surface area contributed by atoms with E-state index in [0.29, 0.717) is 17.8 Å². The van der Waals surface area contributed by atoms with E-state index in [9.17, 15) is 14.7 Å². The van der Waals surface area contributed by atoms with Gasteiger partial charge in [0, 0.05) is 24.6 Å². The molecule has 6 heteroatoms. The van der Waals surface area contributed by atoms with Crippen molar-refractivity contribution >= 4 is 28.7 Å². The molecule has 4 rings (SSSR count). The number of imide groups is 1. The van der Waals surface area contributed by atoms with Crippen molar-refractivity contribution in [3.8, 4) is 0 Å². The number of likely N-dealkylation sites (tertiary alicyclic amines) is 1. The summed E-state index contributed by atoms with van der Waals surface area (Å²) >= 11 is 1.47. The Morgan fingerprint density at radius 3 is 2.59 bits per heavy atom. The summed E-state index contributed by atoms with van der Waals surface area (Å²) in [5, 5.41) is 11.5. The predicted octanol–water partition coefficient (Wildman–Crippen LogP) is 2.73. The second-order valence-corrected chi connectivity index (χ2v) is 7.97. The summed E-state index contributed by atoms with van der Waals surface area (Å²) in [7, 11) is 0. The van der Waals surface area contributed by atoms with E-state index in [4.69, 9.17) is 0 Å². The summed E-state index contributed by atoms with van der Waals surface area (Å²) in [5.74, 6) is -0.319. The van der Waals surface area contributed by atoms with Crippen molar-refractivity contribution in [3.63, 3.8) is 0 Å². The van der Waals surface area contributed by atoms with E-state index in [-0.39, 0.29) is 30.9 Å². The van der Waals surface area contributed by atoms with Gasteiger partial charge in [-0.15, -0.1) is 11.3 Å². The Labute approximate surface area is 162 Å². The maximum Gasteiger partial charge on any atom is 0.278 e. The average Bonchev–Trinajstić information content (AvgIpc) is 3.31. The maximum atomic E-state index is 13.3. The van der Waals surface area contributed by atoms with Gasteiger partial charge in [-0.05, 0) is 35.8 Å². The van der Waals surface area contributed by atoms with E-state index >= 15 is 0 Å². The van der Waals surface area contributed by atoms with Crippen LogP contribution in [0.4, 0.5) is 0 Å². The minimum Gasteiger partial charge on any atom is -0.396 e. The molecule has 5 nitrogen and oxygen atoms in total. The molecule has 2 aliphatic heterocycles. The Morgan fingerprint density at radius 2 is 1.89 bits per heavy atom. The monoisotopic (exact) mass is 382 g/mol. The lowest BCUT2D eigenvalue weighted by Gasteiger charge is -2.34. The summed E-state index contributed by atoms with van der Waals surface area (Å²) < 4.78 is 0. The van der Waals surface area contributed by atoms with Gasteiger partial charge in [0.1, 0.15) is 5.70 Å². The number of aliphatic hydroxyl groups excluding tert-OH is 1. The molecule has 1 aromatic heterocycles. The van der Waals surface area contributed by atoms with Crippen molar-refractivity contribution in [3.05, 3.63) is 64.0 Å². The lowest BCUT2D eigenvalue weighted by molar-refractivity contribution is -0.138. The van der Waals surface area contributed by atoms with Crippen molar-refractivity contribution in [2.45, 2.75) is 19.4 Å². The highest BCUT2D eigenvalue weighted by atomic mass is 32.1. The first-order valence-electron chi connectivity index (χ1n) is 9.23. The van der Waals surface area contributed by atoms with Crippen molar-refractivity contribution in [1.82, 2.24) is 9.80 Å². The molecule has 0 bridgehead atoms. The minimum atomic E-state index is -0.231. The van der Waals surface area contributed by atoms with E-state index in [1.54, 1.807) is 0 Å². The molecule has 1 N–H and O–H groups in total. The zero-order valence-electron chi connectivity index (χ0n) is 15.0. The molecule has 140 valence electrons. The molecule has 0 radical (unpaired) electrons. The van der Waals surface area contributed by atoms with Gasteiger partial charge in [-0.2, -0.15) is 0 Å². The summed E-state index contributed by atoms with van der Waals surface area (Å²) in [6.07, 6.45) is 1.86. The number of rotatable bonds is 5. The van der Waals surface area contributed by atoms with Crippen LogP contribution in [0.25, 0.3) is 5.57 Å². The van der Waals surface area contributed by atoms with E-state index < -0.39 is 0 Å². The molecule has 1 fully saturated rings. The molecule has 2 amide bonds. The number of benzene rings is 1. The van der Waals surface area contributed by atoms with Crippen LogP contribution in [0.2, 0.25) is 0 Å². The minimum absolute atomic E-state index is 0.105. The third kappa shape index (κ3) is 3.42. The maximum absolute atomic E-state index is 13.3. The molecule has 2 aliphatic rings. The number of nitrogens with zero attached hydrogens (tertiary/aromatic N) is 2. The summed E-state index contributed by atoms with van der Waals surface area (Å²) in [6, 6.07) is 13.4. The van der Waals surface area contributed by atoms with Crippen molar-refractivity contribution < 1.29 is 14.7 Å². The molecule has 1 atom stereocenters. The van der Waals surface area contributed by atoms with Crippen LogP contribution in [0.1, 0.15) is 23.3 Å². The van der Waals surface area contributed by atoms with E-state index in [0.717, 1.165) is 29.8 Å². The number of piperidine rings is 1. The van der Waals surface area contributed by atoms with Crippen molar-refractivity contribution in [2.75, 3.05) is 19.7 Å². The highest BCUT2D eigenvalue weighted by Crippen LogP contribution is 2.36. The van der Waals surface area contributed by atoms with Gasteiger partial charge in [-0.1, -0.05) is 36.4 Å². The standard InChI is InChI=1S/C21H22N2O3S/c24-14-16-8-4-10-22(12-16)19-18(17-9-5-11-27-17)20(25)23(21(19)26)13-15-6-2-1-3-7-15/h1-3,5-7,9,11,16,24H,4,8,10,12-14H2. The van der Waals surface area contributed by atoms with Gasteiger partial charge in [0.05, 0.1) is 12.1 Å². The number of thiophene rings is 1. The van der Waals surface area contributed by atoms with Crippen molar-refractivity contribution in [2.24, 2.45) is 5.92 Å². The smallest absolute Gasteiger partial charge is 0.278 e. The second-order valence-electron chi connectivity index (χ2n) is 7.02. The molecule has 1 unspecified atom stereocenters. The number of carbonyl (C=O) groups excluding carboxylic acids is 2. The Hall–Kier alpha value is -2.44. The largest absolute Gasteiger partial charge is 0.396 e. The van der Waals surface area contributed by atoms with E-state index in [1.165, 1.54) is 16.2 Å². The van der Waals surface area contributed by atoms with Gasteiger partial charge in [-0.25, -0.2) is 0 Å². The fourth-order valence-corrected chi connectivity index (χ4v) is 4.59. The lowest BCUT2D eigenvalue weighted by Crippen LogP contribution is -2.40. The van der Waals surface area contributed by atoms with Crippen LogP contribution in [0.3, 0.4) is 0 Å². The zero-order valence-corrected chi connectivity index (χ0v) is 15.8. The highest BCUT2D eigenvalue weighted by Gasteiger charge is 2.42. The molecule has 0 saturated carbocycles. The first-order chi connectivity index (χ1) is 13.2. The number of aliphatic hydroxyl groups is 1. The average molecular weight is 382 g/mol. The topological polar surface area (TPSA) is 60.9 Å². The van der Waals surface area contributed by atoms with Crippen LogP contribution in [0.15, 0.2) is 53.5 Å². The Bertz CT molecular complexity index is 861. The third-order valence-electron chi connectivity index (χ3n) is 5.19. The first kappa shape index (κ1) is 17.9. The fraction of sp³-hybridized carbons (Fsp3) is 0.333. The van der Waals surface area contributed by atoms with E-state index in [2.05, 4.69) is 0 Å². The molecular weight excluding hydrogens is 360 g/mol. The van der Waals surface area contributed by atoms with Gasteiger partial charge >= 0.3 is 0 Å². The molecule has 1 saturated heterocycles. The van der Waals surface area contributed by atoms with Gasteiger partial charge in [0.2, 0.25) is 0 Å². The summed E-state index contributed by atoms with van der Waals surface area (Å²) in [6.45, 7) is 1.72. The predicted molar refractivity (Wildman–Crippen MR) is 105 cm³/mol. The number of hydrogen-bond acceptors (Lipinski definition) is 5. The molecule has 27 heavy (non-hydrogen) atoms. The van der Waals surface area contributed by atoms with Crippen LogP contribution in [0, 0.1) is 5.92 Å². The third-order valence-corrected chi connectivity index (χ3v) is 6.08. The van der Waals surface area contributed by atoms with Gasteiger partial charge < -0.3 is 10.0 Å². The molecule has 0 spiro atoms. The quantitative estimate of drug-likeness (QED) is 0.808. The number of amides is 2. The molecule has 3 heterocycles. The Kier molecular flexibility index (Phi) is 5.09. The summed E-state index contributed by atoms with van der Waals surface area (Å²) in [4.78, 5) is 30.6. The Morgan fingerprint density at radius 1 is 1.07 bits per heavy atom. The van der Waals surface area contributed by atoms with Crippen molar-refractivity contribution in [1.29, 1.82) is 0 Å². The SMILES string of the molecule is O=C1C(c2cccs2)=C(N2CCCC(CO)C2)C(=O)N1Cc1ccccc1. The molecule has 0 aliphatic carbocycles. The zero-order chi connectivity index (χ0) is 18.8. The van der Waals surface area contributed by atoms with Gasteiger partial charge in [-0.3, -0.25) is 14.5 Å².